The van der Waals surface area contributed by atoms with E-state index in [4.69, 9.17) is 10.00 Å². The molecule has 0 spiro atoms. The number of hydrogen-bond donors (Lipinski definition) is 0. The molecule has 0 saturated heterocycles. The van der Waals surface area contributed by atoms with Gasteiger partial charge in [0.05, 0.1) is 18.2 Å². The summed E-state index contributed by atoms with van der Waals surface area (Å²) < 4.78 is 5.66. The zero-order valence-corrected chi connectivity index (χ0v) is 13.2. The van der Waals surface area contributed by atoms with E-state index in [1.165, 1.54) is 16.0 Å². The number of ether oxygens (including phenoxy) is 1. The molecule has 3 heteroatoms. The predicted octanol–water partition coefficient (Wildman–Crippen LogP) is 4.74. The smallest absolute Gasteiger partial charge is 0.119 e. The van der Waals surface area contributed by atoms with Gasteiger partial charge in [0.2, 0.25) is 0 Å². The van der Waals surface area contributed by atoms with Gasteiger partial charge in [-0.25, -0.2) is 0 Å². The molecule has 0 aliphatic rings. The maximum Gasteiger partial charge on any atom is 0.119 e. The molecule has 0 fully saturated rings. The van der Waals surface area contributed by atoms with E-state index in [-0.39, 0.29) is 0 Å². The molecule has 0 radical (unpaired) electrons. The van der Waals surface area contributed by atoms with Crippen LogP contribution in [0.25, 0.3) is 0 Å². The van der Waals surface area contributed by atoms with Gasteiger partial charge in [-0.15, -0.1) is 11.8 Å². The first-order valence-corrected chi connectivity index (χ1v) is 8.00. The third-order valence-corrected chi connectivity index (χ3v) is 4.37. The molecular weight excluding hydrogens is 278 g/mol. The molecule has 2 nitrogen and oxygen atoms in total. The maximum absolute atomic E-state index is 8.73. The molecule has 0 aliphatic heterocycles. The SMILES string of the molecule is Cc1ccc(SCCCOc2ccc(C#N)cc2)cc1C. The largest absolute Gasteiger partial charge is 0.494 e. The number of rotatable bonds is 6. The second-order valence-corrected chi connectivity index (χ2v) is 6.10. The summed E-state index contributed by atoms with van der Waals surface area (Å²) in [5.74, 6) is 1.86. The molecule has 2 aromatic carbocycles. The highest BCUT2D eigenvalue weighted by Gasteiger charge is 1.99. The van der Waals surface area contributed by atoms with Crippen molar-refractivity contribution < 1.29 is 4.74 Å². The summed E-state index contributed by atoms with van der Waals surface area (Å²) >= 11 is 1.86. The Balaban J connectivity index is 1.69. The molecule has 0 atom stereocenters. The van der Waals surface area contributed by atoms with Gasteiger partial charge in [0.15, 0.2) is 0 Å². The van der Waals surface area contributed by atoms with Crippen molar-refractivity contribution in [3.63, 3.8) is 0 Å². The van der Waals surface area contributed by atoms with Crippen LogP contribution in [-0.2, 0) is 0 Å². The summed E-state index contributed by atoms with van der Waals surface area (Å²) in [4.78, 5) is 1.32. The minimum atomic E-state index is 0.660. The summed E-state index contributed by atoms with van der Waals surface area (Å²) in [5, 5.41) is 8.73. The first-order chi connectivity index (χ1) is 10.2. The molecule has 0 heterocycles. The van der Waals surface area contributed by atoms with Gasteiger partial charge in [0.1, 0.15) is 5.75 Å². The highest BCUT2D eigenvalue weighted by Crippen LogP contribution is 2.21. The van der Waals surface area contributed by atoms with E-state index in [2.05, 4.69) is 38.1 Å². The van der Waals surface area contributed by atoms with Crippen molar-refractivity contribution in [2.75, 3.05) is 12.4 Å². The lowest BCUT2D eigenvalue weighted by Gasteiger charge is -2.07. The molecule has 2 rings (SSSR count). The zero-order valence-electron chi connectivity index (χ0n) is 12.4. The zero-order chi connectivity index (χ0) is 15.1. The molecule has 0 aromatic heterocycles. The number of aryl methyl sites for hydroxylation is 2. The van der Waals surface area contributed by atoms with E-state index >= 15 is 0 Å². The van der Waals surface area contributed by atoms with E-state index in [1.54, 1.807) is 12.1 Å². The second kappa shape index (κ2) is 7.75. The Kier molecular flexibility index (Phi) is 5.71. The van der Waals surface area contributed by atoms with Crippen LogP contribution in [-0.4, -0.2) is 12.4 Å². The van der Waals surface area contributed by atoms with E-state index in [0.717, 1.165) is 17.9 Å². The van der Waals surface area contributed by atoms with E-state index in [9.17, 15) is 0 Å². The van der Waals surface area contributed by atoms with Gasteiger partial charge in [-0.3, -0.25) is 0 Å². The molecule has 0 bridgehead atoms. The lowest BCUT2D eigenvalue weighted by Crippen LogP contribution is -1.98. The lowest BCUT2D eigenvalue weighted by molar-refractivity contribution is 0.318. The van der Waals surface area contributed by atoms with Crippen molar-refractivity contribution in [1.29, 1.82) is 5.26 Å². The molecular formula is C18H19NOS. The predicted molar refractivity (Wildman–Crippen MR) is 87.9 cm³/mol. The Bertz CT molecular complexity index is 629. The molecule has 2 aromatic rings. The number of hydrogen-bond acceptors (Lipinski definition) is 3. The van der Waals surface area contributed by atoms with Crippen molar-refractivity contribution in [2.45, 2.75) is 25.2 Å². The summed E-state index contributed by atoms with van der Waals surface area (Å²) in [6.07, 6.45) is 0.998. The van der Waals surface area contributed by atoms with Crippen molar-refractivity contribution >= 4 is 11.8 Å². The molecule has 0 N–H and O–H groups in total. The van der Waals surface area contributed by atoms with Gasteiger partial charge in [-0.1, -0.05) is 6.07 Å². The van der Waals surface area contributed by atoms with Gasteiger partial charge in [0, 0.05) is 10.6 Å². The average molecular weight is 297 g/mol. The first kappa shape index (κ1) is 15.5. The third-order valence-electron chi connectivity index (χ3n) is 3.29. The van der Waals surface area contributed by atoms with Crippen LogP contribution in [0.3, 0.4) is 0 Å². The minimum absolute atomic E-state index is 0.660. The third kappa shape index (κ3) is 4.84. The second-order valence-electron chi connectivity index (χ2n) is 4.93. The van der Waals surface area contributed by atoms with Gasteiger partial charge in [-0.05, 0) is 67.8 Å². The fourth-order valence-electron chi connectivity index (χ4n) is 1.87. The highest BCUT2D eigenvalue weighted by atomic mass is 32.2. The Morgan fingerprint density at radius 3 is 2.48 bits per heavy atom. The fourth-order valence-corrected chi connectivity index (χ4v) is 2.79. The van der Waals surface area contributed by atoms with Crippen LogP contribution in [0.2, 0.25) is 0 Å². The normalized spacial score (nSPS) is 10.1. The van der Waals surface area contributed by atoms with Gasteiger partial charge < -0.3 is 4.74 Å². The summed E-state index contributed by atoms with van der Waals surface area (Å²) in [7, 11) is 0. The minimum Gasteiger partial charge on any atom is -0.494 e. The number of nitrogens with zero attached hydrogens (tertiary/aromatic N) is 1. The topological polar surface area (TPSA) is 33.0 Å². The first-order valence-electron chi connectivity index (χ1n) is 7.02. The number of benzene rings is 2. The van der Waals surface area contributed by atoms with E-state index in [1.807, 2.05) is 23.9 Å². The number of nitriles is 1. The number of thioether (sulfide) groups is 1. The maximum atomic E-state index is 8.73. The van der Waals surface area contributed by atoms with Crippen molar-refractivity contribution in [2.24, 2.45) is 0 Å². The Labute approximate surface area is 130 Å². The Morgan fingerprint density at radius 2 is 1.81 bits per heavy atom. The molecule has 0 aliphatic carbocycles. The quantitative estimate of drug-likeness (QED) is 0.570. The van der Waals surface area contributed by atoms with Crippen LogP contribution in [0.5, 0.6) is 5.75 Å². The average Bonchev–Trinajstić information content (AvgIpc) is 2.51. The Morgan fingerprint density at radius 1 is 1.05 bits per heavy atom. The summed E-state index contributed by atoms with van der Waals surface area (Å²) in [6, 6.07) is 15.9. The highest BCUT2D eigenvalue weighted by molar-refractivity contribution is 7.99. The lowest BCUT2D eigenvalue weighted by atomic mass is 10.1. The molecule has 108 valence electrons. The van der Waals surface area contributed by atoms with Crippen LogP contribution in [0.15, 0.2) is 47.4 Å². The van der Waals surface area contributed by atoms with Crippen LogP contribution < -0.4 is 4.74 Å². The van der Waals surface area contributed by atoms with Crippen LogP contribution in [0.4, 0.5) is 0 Å². The van der Waals surface area contributed by atoms with Gasteiger partial charge in [0.25, 0.3) is 0 Å². The summed E-state index contributed by atoms with van der Waals surface area (Å²) in [6.45, 7) is 4.98. The van der Waals surface area contributed by atoms with Gasteiger partial charge >= 0.3 is 0 Å². The standard InChI is InChI=1S/C18H19NOS/c1-14-4-9-18(12-15(14)2)21-11-3-10-20-17-7-5-16(13-19)6-8-17/h4-9,12H,3,10-11H2,1-2H3. The summed E-state index contributed by atoms with van der Waals surface area (Å²) in [5.41, 5.74) is 3.34. The van der Waals surface area contributed by atoms with E-state index in [0.29, 0.717) is 12.2 Å². The van der Waals surface area contributed by atoms with Crippen LogP contribution in [0, 0.1) is 25.2 Å². The Hall–Kier alpha value is -1.92. The van der Waals surface area contributed by atoms with E-state index < -0.39 is 0 Å². The van der Waals surface area contributed by atoms with Crippen LogP contribution >= 0.6 is 11.8 Å². The van der Waals surface area contributed by atoms with Crippen LogP contribution in [0.1, 0.15) is 23.1 Å². The van der Waals surface area contributed by atoms with Crippen molar-refractivity contribution in [1.82, 2.24) is 0 Å². The van der Waals surface area contributed by atoms with Crippen molar-refractivity contribution in [3.05, 3.63) is 59.2 Å². The van der Waals surface area contributed by atoms with Crippen molar-refractivity contribution in [3.8, 4) is 11.8 Å². The monoisotopic (exact) mass is 297 g/mol. The molecule has 21 heavy (non-hydrogen) atoms. The molecule has 0 amide bonds. The molecule has 0 unspecified atom stereocenters. The fraction of sp³-hybridized carbons (Fsp3) is 0.278. The molecule has 0 saturated carbocycles. The van der Waals surface area contributed by atoms with Gasteiger partial charge in [-0.2, -0.15) is 5.26 Å².